The van der Waals surface area contributed by atoms with Gasteiger partial charge < -0.3 is 15.0 Å². The van der Waals surface area contributed by atoms with Gasteiger partial charge in [0.15, 0.2) is 6.61 Å². The van der Waals surface area contributed by atoms with E-state index in [1.165, 1.54) is 17.0 Å². The van der Waals surface area contributed by atoms with E-state index in [2.05, 4.69) is 5.32 Å². The number of rotatable bonds is 10. The van der Waals surface area contributed by atoms with Crippen LogP contribution in [-0.2, 0) is 22.6 Å². The Morgan fingerprint density at radius 3 is 2.26 bits per heavy atom. The first-order valence-electron chi connectivity index (χ1n) is 11.8. The lowest BCUT2D eigenvalue weighted by atomic mass is 10.0. The summed E-state index contributed by atoms with van der Waals surface area (Å²) in [6.07, 6.45) is 0.343. The molecule has 3 aromatic rings. The lowest BCUT2D eigenvalue weighted by Crippen LogP contribution is -2.52. The van der Waals surface area contributed by atoms with E-state index in [1.54, 1.807) is 12.1 Å². The Hall–Kier alpha value is -3.67. The number of amides is 2. The van der Waals surface area contributed by atoms with Gasteiger partial charge in [-0.15, -0.1) is 0 Å². The quantitative estimate of drug-likeness (QED) is 0.449. The van der Waals surface area contributed by atoms with Gasteiger partial charge in [0.1, 0.15) is 17.6 Å². The lowest BCUT2D eigenvalue weighted by Gasteiger charge is -2.32. The molecule has 1 atom stereocenters. The molecule has 0 heterocycles. The Morgan fingerprint density at radius 1 is 0.914 bits per heavy atom. The molecule has 0 aliphatic heterocycles. The summed E-state index contributed by atoms with van der Waals surface area (Å²) in [5, 5.41) is 2.95. The SMILES string of the molecule is Cc1cccc(OCC(=O)N(Cc2ccc(F)cc2)[C@@H](Cc2ccccc2)C(=O)NC(C)C)c1C. The average Bonchev–Trinajstić information content (AvgIpc) is 2.83. The van der Waals surface area contributed by atoms with Crippen molar-refractivity contribution in [2.75, 3.05) is 6.61 Å². The number of hydrogen-bond donors (Lipinski definition) is 1. The van der Waals surface area contributed by atoms with Crippen molar-refractivity contribution in [3.05, 3.63) is 101 Å². The highest BCUT2D eigenvalue weighted by Gasteiger charge is 2.31. The Balaban J connectivity index is 1.92. The fraction of sp³-hybridized carbons (Fsp3) is 0.310. The van der Waals surface area contributed by atoms with Crippen LogP contribution in [-0.4, -0.2) is 35.4 Å². The first-order valence-corrected chi connectivity index (χ1v) is 11.8. The van der Waals surface area contributed by atoms with Gasteiger partial charge in [0.25, 0.3) is 5.91 Å². The molecule has 0 unspecified atom stereocenters. The van der Waals surface area contributed by atoms with Crippen LogP contribution in [0.15, 0.2) is 72.8 Å². The number of benzene rings is 3. The van der Waals surface area contributed by atoms with Gasteiger partial charge in [-0.05, 0) is 68.1 Å². The number of ether oxygens (including phenoxy) is 1. The smallest absolute Gasteiger partial charge is 0.261 e. The molecule has 0 fully saturated rings. The second kappa shape index (κ2) is 12.2. The van der Waals surface area contributed by atoms with Crippen molar-refractivity contribution in [1.29, 1.82) is 0 Å². The predicted octanol–water partition coefficient (Wildman–Crippen LogP) is 4.99. The van der Waals surface area contributed by atoms with Gasteiger partial charge in [-0.2, -0.15) is 0 Å². The minimum atomic E-state index is -0.764. The number of nitrogens with zero attached hydrogens (tertiary/aromatic N) is 1. The average molecular weight is 477 g/mol. The van der Waals surface area contributed by atoms with E-state index in [9.17, 15) is 14.0 Å². The minimum Gasteiger partial charge on any atom is -0.483 e. The van der Waals surface area contributed by atoms with Crippen molar-refractivity contribution < 1.29 is 18.7 Å². The molecule has 0 spiro atoms. The lowest BCUT2D eigenvalue weighted by molar-refractivity contribution is -0.143. The monoisotopic (exact) mass is 476 g/mol. The molecule has 1 N–H and O–H groups in total. The zero-order valence-electron chi connectivity index (χ0n) is 20.8. The third kappa shape index (κ3) is 7.41. The standard InChI is InChI=1S/C29H33FN2O3/c1-20(2)31-29(34)26(17-23-10-6-5-7-11-23)32(18-24-13-15-25(30)16-14-24)28(33)19-35-27-12-8-9-21(3)22(27)4/h5-16,20,26H,17-19H2,1-4H3,(H,31,34)/t26-/m0/s1. The Morgan fingerprint density at radius 2 is 1.60 bits per heavy atom. The molecule has 3 aromatic carbocycles. The fourth-order valence-corrected chi connectivity index (χ4v) is 3.82. The maximum absolute atomic E-state index is 13.6. The summed E-state index contributed by atoms with van der Waals surface area (Å²) < 4.78 is 19.4. The largest absolute Gasteiger partial charge is 0.483 e. The third-order valence-electron chi connectivity index (χ3n) is 5.87. The van der Waals surface area contributed by atoms with Crippen LogP contribution in [0.1, 0.15) is 36.1 Å². The van der Waals surface area contributed by atoms with Crippen molar-refractivity contribution >= 4 is 11.8 Å². The van der Waals surface area contributed by atoms with Crippen molar-refractivity contribution in [3.63, 3.8) is 0 Å². The van der Waals surface area contributed by atoms with Crippen molar-refractivity contribution in [2.45, 2.75) is 52.7 Å². The van der Waals surface area contributed by atoms with Crippen LogP contribution in [0.5, 0.6) is 5.75 Å². The van der Waals surface area contributed by atoms with Crippen LogP contribution in [0.25, 0.3) is 0 Å². The molecular weight excluding hydrogens is 443 g/mol. The molecule has 6 heteroatoms. The van der Waals surface area contributed by atoms with Gasteiger partial charge in [0.05, 0.1) is 0 Å². The molecule has 184 valence electrons. The second-order valence-corrected chi connectivity index (χ2v) is 9.00. The molecule has 2 amide bonds. The summed E-state index contributed by atoms with van der Waals surface area (Å²) in [5.74, 6) is -0.296. The van der Waals surface area contributed by atoms with Crippen molar-refractivity contribution in [1.82, 2.24) is 10.2 Å². The molecular formula is C29H33FN2O3. The van der Waals surface area contributed by atoms with Crippen LogP contribution in [0, 0.1) is 19.7 Å². The van der Waals surface area contributed by atoms with Crippen LogP contribution >= 0.6 is 0 Å². The maximum atomic E-state index is 13.6. The maximum Gasteiger partial charge on any atom is 0.261 e. The van der Waals surface area contributed by atoms with Gasteiger partial charge in [-0.3, -0.25) is 9.59 Å². The molecule has 0 bridgehead atoms. The van der Waals surface area contributed by atoms with Crippen LogP contribution in [0.3, 0.4) is 0 Å². The summed E-state index contributed by atoms with van der Waals surface area (Å²) >= 11 is 0. The Labute approximate surface area is 206 Å². The van der Waals surface area contributed by atoms with Crippen LogP contribution < -0.4 is 10.1 Å². The van der Waals surface area contributed by atoms with Gasteiger partial charge in [-0.1, -0.05) is 54.6 Å². The van der Waals surface area contributed by atoms with Crippen molar-refractivity contribution in [3.8, 4) is 5.75 Å². The van der Waals surface area contributed by atoms with E-state index in [1.807, 2.05) is 76.2 Å². The summed E-state index contributed by atoms with van der Waals surface area (Å²) in [5.41, 5.74) is 3.69. The van der Waals surface area contributed by atoms with E-state index in [4.69, 9.17) is 4.74 Å². The first kappa shape index (κ1) is 25.9. The van der Waals surface area contributed by atoms with E-state index in [0.29, 0.717) is 12.2 Å². The number of carbonyl (C=O) groups is 2. The van der Waals surface area contributed by atoms with Gasteiger partial charge >= 0.3 is 0 Å². The molecule has 0 aromatic heterocycles. The van der Waals surface area contributed by atoms with Gasteiger partial charge in [-0.25, -0.2) is 4.39 Å². The molecule has 0 saturated carbocycles. The van der Waals surface area contributed by atoms with Gasteiger partial charge in [0, 0.05) is 19.0 Å². The van der Waals surface area contributed by atoms with E-state index >= 15 is 0 Å². The second-order valence-electron chi connectivity index (χ2n) is 9.00. The molecule has 3 rings (SSSR count). The molecule has 5 nitrogen and oxygen atoms in total. The predicted molar refractivity (Wildman–Crippen MR) is 136 cm³/mol. The van der Waals surface area contributed by atoms with E-state index in [-0.39, 0.29) is 36.8 Å². The molecule has 35 heavy (non-hydrogen) atoms. The number of halogens is 1. The summed E-state index contributed by atoms with van der Waals surface area (Å²) in [6.45, 7) is 7.63. The summed E-state index contributed by atoms with van der Waals surface area (Å²) in [7, 11) is 0. The summed E-state index contributed by atoms with van der Waals surface area (Å²) in [4.78, 5) is 28.4. The van der Waals surface area contributed by atoms with Crippen molar-refractivity contribution in [2.24, 2.45) is 0 Å². The first-order chi connectivity index (χ1) is 16.7. The number of aryl methyl sites for hydroxylation is 1. The third-order valence-corrected chi connectivity index (χ3v) is 5.87. The molecule has 0 radical (unpaired) electrons. The zero-order chi connectivity index (χ0) is 25.4. The number of hydrogen-bond acceptors (Lipinski definition) is 3. The molecule has 0 saturated heterocycles. The number of carbonyl (C=O) groups excluding carboxylic acids is 2. The highest BCUT2D eigenvalue weighted by atomic mass is 19.1. The Bertz CT molecular complexity index is 1130. The minimum absolute atomic E-state index is 0.0882. The topological polar surface area (TPSA) is 58.6 Å². The normalized spacial score (nSPS) is 11.7. The Kier molecular flexibility index (Phi) is 9.01. The molecule has 0 aliphatic rings. The highest BCUT2D eigenvalue weighted by Crippen LogP contribution is 2.21. The van der Waals surface area contributed by atoms with E-state index in [0.717, 1.165) is 22.3 Å². The van der Waals surface area contributed by atoms with Crippen LogP contribution in [0.4, 0.5) is 4.39 Å². The van der Waals surface area contributed by atoms with Gasteiger partial charge in [0.2, 0.25) is 5.91 Å². The fourth-order valence-electron chi connectivity index (χ4n) is 3.82. The molecule has 0 aliphatic carbocycles. The zero-order valence-corrected chi connectivity index (χ0v) is 20.8. The van der Waals surface area contributed by atoms with Crippen LogP contribution in [0.2, 0.25) is 0 Å². The summed E-state index contributed by atoms with van der Waals surface area (Å²) in [6, 6.07) is 20.4. The highest BCUT2D eigenvalue weighted by molar-refractivity contribution is 5.88. The van der Waals surface area contributed by atoms with E-state index < -0.39 is 6.04 Å². The number of nitrogens with one attached hydrogen (secondary N) is 1.